The summed E-state index contributed by atoms with van der Waals surface area (Å²) in [5.74, 6) is 0. The number of hydrogen-bond donors (Lipinski definition) is 0. The first-order valence-corrected chi connectivity index (χ1v) is 24.7. The first-order valence-electron chi connectivity index (χ1n) is 24.7. The van der Waals surface area contributed by atoms with Crippen LogP contribution in [0.1, 0.15) is 79.0 Å². The van der Waals surface area contributed by atoms with Crippen molar-refractivity contribution in [3.63, 3.8) is 0 Å². The van der Waals surface area contributed by atoms with Crippen molar-refractivity contribution in [1.82, 2.24) is 0 Å². The molecule has 69 heavy (non-hydrogen) atoms. The predicted molar refractivity (Wildman–Crippen MR) is 298 cm³/mol. The minimum atomic E-state index is -0.0560. The average Bonchev–Trinajstić information content (AvgIpc) is 3.36. The van der Waals surface area contributed by atoms with Crippen LogP contribution in [0, 0.1) is 0 Å². The normalized spacial score (nSPS) is 13.2. The second-order valence-electron chi connectivity index (χ2n) is 22.2. The molecule has 0 aliphatic carbocycles. The molecule has 338 valence electrons. The van der Waals surface area contributed by atoms with Crippen LogP contribution in [0.15, 0.2) is 206 Å². The highest BCUT2D eigenvalue weighted by atomic mass is 15.2. The largest absolute Gasteiger partial charge is 0.311 e. The summed E-state index contributed by atoms with van der Waals surface area (Å²) in [5, 5.41) is 0. The van der Waals surface area contributed by atoms with Crippen molar-refractivity contribution >= 4 is 57.2 Å². The van der Waals surface area contributed by atoms with Gasteiger partial charge in [-0.1, -0.05) is 220 Å². The van der Waals surface area contributed by atoms with Crippen LogP contribution in [0.4, 0.5) is 34.1 Å². The summed E-state index contributed by atoms with van der Waals surface area (Å²) >= 11 is 0. The average molecular weight is 893 g/mol. The first-order chi connectivity index (χ1) is 33.1. The third kappa shape index (κ3) is 7.88. The monoisotopic (exact) mass is 892 g/mol. The third-order valence-corrected chi connectivity index (χ3v) is 14.5. The van der Waals surface area contributed by atoms with E-state index in [9.17, 15) is 0 Å². The van der Waals surface area contributed by atoms with Gasteiger partial charge in [-0.25, -0.2) is 0 Å². The summed E-state index contributed by atoms with van der Waals surface area (Å²) in [6.07, 6.45) is 0. The molecule has 0 spiro atoms. The number of anilines is 6. The number of rotatable bonds is 6. The molecule has 3 heteroatoms. The molecule has 0 aromatic heterocycles. The molecule has 2 aliphatic rings. The van der Waals surface area contributed by atoms with E-state index in [4.69, 9.17) is 0 Å². The Bertz CT molecular complexity index is 3370. The van der Waals surface area contributed by atoms with Gasteiger partial charge in [0, 0.05) is 34.0 Å². The van der Waals surface area contributed by atoms with E-state index >= 15 is 0 Å². The number of benzene rings is 9. The van der Waals surface area contributed by atoms with Gasteiger partial charge in [0.25, 0.3) is 6.71 Å². The van der Waals surface area contributed by atoms with Crippen LogP contribution in [0.2, 0.25) is 0 Å². The minimum Gasteiger partial charge on any atom is -0.311 e. The highest BCUT2D eigenvalue weighted by molar-refractivity contribution is 7.00. The van der Waals surface area contributed by atoms with Crippen molar-refractivity contribution in [3.8, 4) is 44.5 Å². The molecule has 9 aromatic carbocycles. The number of nitrogens with zero attached hydrogens (tertiary/aromatic N) is 2. The number of fused-ring (bicyclic) bond motifs is 4. The lowest BCUT2D eigenvalue weighted by molar-refractivity contribution is 0.530. The van der Waals surface area contributed by atoms with Gasteiger partial charge in [-0.15, -0.1) is 0 Å². The van der Waals surface area contributed by atoms with Crippen LogP contribution in [0.25, 0.3) is 44.5 Å². The zero-order chi connectivity index (χ0) is 47.8. The fraction of sp³-hybridized carbons (Fsp3) is 0.182. The van der Waals surface area contributed by atoms with E-state index in [1.54, 1.807) is 0 Å². The molecule has 2 aliphatic heterocycles. The van der Waals surface area contributed by atoms with Crippen molar-refractivity contribution in [1.29, 1.82) is 0 Å². The maximum atomic E-state index is 2.61. The van der Waals surface area contributed by atoms with Gasteiger partial charge in [-0.05, 0) is 137 Å². The van der Waals surface area contributed by atoms with Crippen LogP contribution >= 0.6 is 0 Å². The molecule has 0 saturated carbocycles. The van der Waals surface area contributed by atoms with E-state index in [-0.39, 0.29) is 23.0 Å². The van der Waals surface area contributed by atoms with Gasteiger partial charge in [-0.2, -0.15) is 0 Å². The Morgan fingerprint density at radius 3 is 1.41 bits per heavy atom. The lowest BCUT2D eigenvalue weighted by atomic mass is 9.33. The Balaban J connectivity index is 1.20. The zero-order valence-electron chi connectivity index (χ0n) is 41.6. The smallest absolute Gasteiger partial charge is 0.252 e. The van der Waals surface area contributed by atoms with Gasteiger partial charge >= 0.3 is 0 Å². The Hall–Kier alpha value is -7.36. The van der Waals surface area contributed by atoms with E-state index in [0.29, 0.717) is 0 Å². The zero-order valence-corrected chi connectivity index (χ0v) is 41.6. The van der Waals surface area contributed by atoms with Crippen molar-refractivity contribution < 1.29 is 0 Å². The fourth-order valence-corrected chi connectivity index (χ4v) is 10.9. The molecular formula is C66H61BN2. The molecule has 0 fully saturated rings. The molecule has 2 heterocycles. The van der Waals surface area contributed by atoms with Gasteiger partial charge in [0.1, 0.15) is 0 Å². The third-order valence-electron chi connectivity index (χ3n) is 14.5. The van der Waals surface area contributed by atoms with Gasteiger partial charge in [-0.3, -0.25) is 0 Å². The van der Waals surface area contributed by atoms with Crippen LogP contribution in [0.3, 0.4) is 0 Å². The summed E-state index contributed by atoms with van der Waals surface area (Å²) in [7, 11) is 0. The van der Waals surface area contributed by atoms with Crippen LogP contribution in [0.5, 0.6) is 0 Å². The van der Waals surface area contributed by atoms with Crippen molar-refractivity contribution in [2.24, 2.45) is 0 Å². The highest BCUT2D eigenvalue weighted by Crippen LogP contribution is 2.49. The molecule has 0 atom stereocenters. The Kier molecular flexibility index (Phi) is 10.7. The Labute approximate surface area is 411 Å². The van der Waals surface area contributed by atoms with E-state index in [2.05, 4.69) is 278 Å². The summed E-state index contributed by atoms with van der Waals surface area (Å²) in [4.78, 5) is 5.12. The van der Waals surface area contributed by atoms with Crippen molar-refractivity contribution in [2.75, 3.05) is 9.80 Å². The summed E-state index contributed by atoms with van der Waals surface area (Å²) < 4.78 is 0. The maximum absolute atomic E-state index is 2.61. The molecular weight excluding hydrogens is 832 g/mol. The van der Waals surface area contributed by atoms with Gasteiger partial charge < -0.3 is 9.80 Å². The lowest BCUT2D eigenvalue weighted by Gasteiger charge is -2.44. The second-order valence-corrected chi connectivity index (χ2v) is 22.2. The molecule has 0 N–H and O–H groups in total. The Morgan fingerprint density at radius 1 is 0.304 bits per heavy atom. The van der Waals surface area contributed by atoms with E-state index in [0.717, 1.165) is 5.69 Å². The quantitative estimate of drug-likeness (QED) is 0.154. The Morgan fingerprint density at radius 2 is 0.812 bits per heavy atom. The second kappa shape index (κ2) is 16.7. The van der Waals surface area contributed by atoms with Gasteiger partial charge in [0.2, 0.25) is 0 Å². The SMILES string of the molecule is CC(C)(C)c1ccc(N2c3cc(-c4ccccc4)ccc3B3c4cc(-c5ccccc5)ccc4N(c4ccc(-c5ccccc5)cc4)c4cccc2c43)c(-c2ccc(C(C)(C)C)c(C(C)(C)C)c2)c1. The summed E-state index contributed by atoms with van der Waals surface area (Å²) in [5.41, 5.74) is 24.7. The molecule has 0 radical (unpaired) electrons. The van der Waals surface area contributed by atoms with Crippen LogP contribution in [-0.2, 0) is 16.2 Å². The van der Waals surface area contributed by atoms with E-state index < -0.39 is 0 Å². The molecule has 0 bridgehead atoms. The summed E-state index contributed by atoms with van der Waals surface area (Å²) in [6.45, 7) is 21.1. The summed E-state index contributed by atoms with van der Waals surface area (Å²) in [6, 6.07) is 77.5. The first kappa shape index (κ1) is 44.2. The van der Waals surface area contributed by atoms with E-state index in [1.165, 1.54) is 106 Å². The molecule has 9 aromatic rings. The predicted octanol–water partition coefficient (Wildman–Crippen LogP) is 16.3. The molecule has 0 amide bonds. The highest BCUT2D eigenvalue weighted by Gasteiger charge is 2.44. The molecule has 0 saturated heterocycles. The fourth-order valence-electron chi connectivity index (χ4n) is 10.9. The maximum Gasteiger partial charge on any atom is 0.252 e. The van der Waals surface area contributed by atoms with Crippen LogP contribution in [-0.4, -0.2) is 6.71 Å². The van der Waals surface area contributed by atoms with Gasteiger partial charge in [0.15, 0.2) is 0 Å². The van der Waals surface area contributed by atoms with Crippen LogP contribution < -0.4 is 26.2 Å². The molecule has 0 unspecified atom stereocenters. The van der Waals surface area contributed by atoms with Crippen molar-refractivity contribution in [2.45, 2.75) is 78.6 Å². The minimum absolute atomic E-state index is 0.000592. The van der Waals surface area contributed by atoms with Crippen molar-refractivity contribution in [3.05, 3.63) is 223 Å². The standard InChI is InChI=1S/C66H61BN2/c1-64(2,3)51-33-39-58(53(43-51)50-30-36-54(65(4,5)6)55(40-50)66(7,8)9)69-61-27-19-26-60-63(61)67(56-37-31-49(42-62(56)69)46-24-17-12-18-25-46)57-41-48(45-22-15-11-16-23-45)32-38-59(57)68(60)52-34-28-47(29-35-52)44-20-13-10-14-21-44/h10-43H,1-9H3. The number of hydrogen-bond acceptors (Lipinski definition) is 2. The van der Waals surface area contributed by atoms with Gasteiger partial charge in [0.05, 0.1) is 5.69 Å². The van der Waals surface area contributed by atoms with E-state index in [1.807, 2.05) is 0 Å². The molecule has 11 rings (SSSR count). The topological polar surface area (TPSA) is 6.48 Å². The lowest BCUT2D eigenvalue weighted by Crippen LogP contribution is -2.61. The molecule has 2 nitrogen and oxygen atoms in total.